The molecule has 0 N–H and O–H groups in total. The Hall–Kier alpha value is -0.820. The number of ether oxygens (including phenoxy) is 1. The lowest BCUT2D eigenvalue weighted by atomic mass is 9.87. The van der Waals surface area contributed by atoms with Crippen LogP contribution in [0.5, 0.6) is 0 Å². The van der Waals surface area contributed by atoms with Gasteiger partial charge in [-0.1, -0.05) is 45.0 Å². The van der Waals surface area contributed by atoms with Crippen molar-refractivity contribution < 1.29 is 4.74 Å². The largest absolute Gasteiger partial charge is 0.371 e. The van der Waals surface area contributed by atoms with E-state index in [9.17, 15) is 0 Å². The first-order chi connectivity index (χ1) is 6.54. The zero-order valence-corrected chi connectivity index (χ0v) is 9.50. The molecule has 0 aromatic heterocycles. The van der Waals surface area contributed by atoms with Crippen molar-refractivity contribution in [2.24, 2.45) is 0 Å². The van der Waals surface area contributed by atoms with Crippen LogP contribution in [0.25, 0.3) is 0 Å². The second-order valence-electron chi connectivity index (χ2n) is 4.49. The van der Waals surface area contributed by atoms with Crippen LogP contribution in [-0.4, -0.2) is 0 Å². The van der Waals surface area contributed by atoms with E-state index in [2.05, 4.69) is 45.0 Å². The van der Waals surface area contributed by atoms with E-state index in [0.29, 0.717) is 6.61 Å². The number of hydrogen-bond donors (Lipinski definition) is 0. The van der Waals surface area contributed by atoms with Gasteiger partial charge < -0.3 is 4.74 Å². The third kappa shape index (κ3) is 3.15. The smallest absolute Gasteiger partial charge is 0.0810 e. The lowest BCUT2D eigenvalue weighted by Crippen LogP contribution is -2.10. The zero-order valence-electron chi connectivity index (χ0n) is 9.50. The Kier molecular flexibility index (Phi) is 3.70. The van der Waals surface area contributed by atoms with Crippen molar-refractivity contribution in [2.45, 2.75) is 39.7 Å². The minimum atomic E-state index is 0.232. The first kappa shape index (κ1) is 11.3. The molecule has 0 heterocycles. The predicted octanol–water partition coefficient (Wildman–Crippen LogP) is 3.68. The summed E-state index contributed by atoms with van der Waals surface area (Å²) in [5.74, 6) is 0. The Balaban J connectivity index is 2.69. The van der Waals surface area contributed by atoms with E-state index < -0.39 is 0 Å². The Morgan fingerprint density at radius 2 is 1.71 bits per heavy atom. The molecule has 1 heteroatoms. The third-order valence-corrected chi connectivity index (χ3v) is 2.24. The Morgan fingerprint density at radius 1 is 1.14 bits per heavy atom. The second kappa shape index (κ2) is 4.61. The Morgan fingerprint density at radius 3 is 2.14 bits per heavy atom. The molecule has 0 fully saturated rings. The number of hydrogen-bond acceptors (Lipinski definition) is 1. The summed E-state index contributed by atoms with van der Waals surface area (Å²) in [4.78, 5) is 0. The molecule has 0 aliphatic carbocycles. The highest BCUT2D eigenvalue weighted by molar-refractivity contribution is 5.27. The van der Waals surface area contributed by atoms with Gasteiger partial charge in [0.05, 0.1) is 13.2 Å². The molecule has 77 valence electrons. The first-order valence-corrected chi connectivity index (χ1v) is 5.03. The minimum absolute atomic E-state index is 0.232. The Labute approximate surface area is 87.1 Å². The monoisotopic (exact) mass is 191 g/mol. The molecular formula is C13H19O. The van der Waals surface area contributed by atoms with Crippen molar-refractivity contribution in [3.8, 4) is 0 Å². The van der Waals surface area contributed by atoms with Gasteiger partial charge in [-0.05, 0) is 23.5 Å². The summed E-state index contributed by atoms with van der Waals surface area (Å²) in [5, 5.41) is 0. The van der Waals surface area contributed by atoms with Gasteiger partial charge in [0.2, 0.25) is 0 Å². The molecule has 1 nitrogen and oxygen atoms in total. The van der Waals surface area contributed by atoms with E-state index in [1.807, 2.05) is 6.92 Å². The van der Waals surface area contributed by atoms with Crippen molar-refractivity contribution in [2.75, 3.05) is 0 Å². The highest BCUT2D eigenvalue weighted by atomic mass is 16.5. The lowest BCUT2D eigenvalue weighted by molar-refractivity contribution is 0.191. The standard InChI is InChI=1S/C13H19O/c1-5-14-10-11-6-8-12(9-7-11)13(2,3)4/h5-9H,10H2,1-4H3. The van der Waals surface area contributed by atoms with Crippen LogP contribution in [0.1, 0.15) is 38.8 Å². The average molecular weight is 191 g/mol. The van der Waals surface area contributed by atoms with Crippen LogP contribution in [0.2, 0.25) is 0 Å². The topological polar surface area (TPSA) is 9.23 Å². The molecule has 0 saturated heterocycles. The van der Waals surface area contributed by atoms with Crippen LogP contribution in [0.3, 0.4) is 0 Å². The highest BCUT2D eigenvalue weighted by Gasteiger charge is 2.12. The van der Waals surface area contributed by atoms with E-state index in [4.69, 9.17) is 4.74 Å². The fraction of sp³-hybridized carbons (Fsp3) is 0.462. The fourth-order valence-electron chi connectivity index (χ4n) is 1.28. The van der Waals surface area contributed by atoms with Crippen molar-refractivity contribution in [1.82, 2.24) is 0 Å². The summed E-state index contributed by atoms with van der Waals surface area (Å²) in [7, 11) is 0. The van der Waals surface area contributed by atoms with E-state index >= 15 is 0 Å². The predicted molar refractivity (Wildman–Crippen MR) is 59.9 cm³/mol. The molecule has 1 aromatic rings. The maximum atomic E-state index is 5.22. The molecule has 0 amide bonds. The van der Waals surface area contributed by atoms with Crippen molar-refractivity contribution in [3.05, 3.63) is 42.0 Å². The van der Waals surface area contributed by atoms with E-state index in [-0.39, 0.29) is 5.41 Å². The number of benzene rings is 1. The summed E-state index contributed by atoms with van der Waals surface area (Å²) < 4.78 is 5.22. The van der Waals surface area contributed by atoms with Crippen molar-refractivity contribution >= 4 is 0 Å². The minimum Gasteiger partial charge on any atom is -0.371 e. The summed E-state index contributed by atoms with van der Waals surface area (Å²) in [6.07, 6.45) is 0. The van der Waals surface area contributed by atoms with Crippen LogP contribution in [0, 0.1) is 6.61 Å². The average Bonchev–Trinajstić information content (AvgIpc) is 2.14. The molecule has 0 bridgehead atoms. The molecule has 0 spiro atoms. The number of rotatable bonds is 3. The van der Waals surface area contributed by atoms with Crippen LogP contribution in [0.15, 0.2) is 24.3 Å². The molecule has 0 saturated carbocycles. The van der Waals surface area contributed by atoms with Crippen molar-refractivity contribution in [1.29, 1.82) is 0 Å². The van der Waals surface area contributed by atoms with Crippen LogP contribution >= 0.6 is 0 Å². The van der Waals surface area contributed by atoms with Gasteiger partial charge in [0.1, 0.15) is 0 Å². The first-order valence-electron chi connectivity index (χ1n) is 5.03. The Bertz CT molecular complexity index is 266. The van der Waals surface area contributed by atoms with Crippen LogP contribution in [0.4, 0.5) is 0 Å². The summed E-state index contributed by atoms with van der Waals surface area (Å²) in [6, 6.07) is 8.61. The van der Waals surface area contributed by atoms with Gasteiger partial charge in [0.25, 0.3) is 0 Å². The highest BCUT2D eigenvalue weighted by Crippen LogP contribution is 2.22. The summed E-state index contributed by atoms with van der Waals surface area (Å²) >= 11 is 0. The van der Waals surface area contributed by atoms with Gasteiger partial charge in [-0.25, -0.2) is 0 Å². The van der Waals surface area contributed by atoms with E-state index in [1.54, 1.807) is 6.61 Å². The second-order valence-corrected chi connectivity index (χ2v) is 4.49. The molecule has 0 aliphatic heterocycles. The van der Waals surface area contributed by atoms with Crippen LogP contribution < -0.4 is 0 Å². The van der Waals surface area contributed by atoms with Gasteiger partial charge in [-0.3, -0.25) is 0 Å². The molecule has 1 radical (unpaired) electrons. The summed E-state index contributed by atoms with van der Waals surface area (Å²) in [6.45, 7) is 10.9. The van der Waals surface area contributed by atoms with Gasteiger partial charge >= 0.3 is 0 Å². The maximum absolute atomic E-state index is 5.22. The van der Waals surface area contributed by atoms with E-state index in [1.165, 1.54) is 11.1 Å². The lowest BCUT2D eigenvalue weighted by Gasteiger charge is -2.19. The van der Waals surface area contributed by atoms with Crippen molar-refractivity contribution in [3.63, 3.8) is 0 Å². The molecular weight excluding hydrogens is 172 g/mol. The third-order valence-electron chi connectivity index (χ3n) is 2.24. The van der Waals surface area contributed by atoms with Gasteiger partial charge in [0, 0.05) is 0 Å². The molecule has 14 heavy (non-hydrogen) atoms. The summed E-state index contributed by atoms with van der Waals surface area (Å²) in [5.41, 5.74) is 2.81. The van der Waals surface area contributed by atoms with Gasteiger partial charge in [-0.15, -0.1) is 0 Å². The molecule has 0 aliphatic rings. The zero-order chi connectivity index (χ0) is 10.6. The SMILES string of the molecule is C[CH]OCc1ccc(C(C)(C)C)cc1. The molecule has 0 atom stereocenters. The van der Waals surface area contributed by atoms with Crippen LogP contribution in [-0.2, 0) is 16.8 Å². The normalized spacial score (nSPS) is 11.7. The maximum Gasteiger partial charge on any atom is 0.0810 e. The quantitative estimate of drug-likeness (QED) is 0.708. The molecule has 1 aromatic carbocycles. The molecule has 1 rings (SSSR count). The van der Waals surface area contributed by atoms with E-state index in [0.717, 1.165) is 0 Å². The van der Waals surface area contributed by atoms with Gasteiger partial charge in [0.15, 0.2) is 0 Å². The van der Waals surface area contributed by atoms with Gasteiger partial charge in [-0.2, -0.15) is 0 Å². The fourth-order valence-corrected chi connectivity index (χ4v) is 1.28. The molecule has 0 unspecified atom stereocenters.